The van der Waals surface area contributed by atoms with Gasteiger partial charge in [0.15, 0.2) is 16.9 Å². The smallest absolute Gasteiger partial charge is 0.331 e. The first-order chi connectivity index (χ1) is 13.7. The molecule has 140 valence electrons. The van der Waals surface area contributed by atoms with E-state index < -0.39 is 5.97 Å². The standard InChI is InChI=1S/C23H19NO4/c1-2-27-20-13-7-8-14-21(20)28-22(25)15-24-18-11-5-3-9-16(18)23(26)17-10-4-6-12-19(17)24/h3-14H,2,15H2,1H3. The second-order valence-electron chi connectivity index (χ2n) is 6.30. The van der Waals surface area contributed by atoms with Crippen LogP contribution in [-0.4, -0.2) is 17.1 Å². The summed E-state index contributed by atoms with van der Waals surface area (Å²) in [5.41, 5.74) is 1.35. The van der Waals surface area contributed by atoms with E-state index in [9.17, 15) is 9.59 Å². The Labute approximate surface area is 161 Å². The van der Waals surface area contributed by atoms with E-state index in [0.29, 0.717) is 39.9 Å². The lowest BCUT2D eigenvalue weighted by Crippen LogP contribution is -2.20. The summed E-state index contributed by atoms with van der Waals surface area (Å²) < 4.78 is 12.9. The van der Waals surface area contributed by atoms with Gasteiger partial charge in [-0.15, -0.1) is 0 Å². The van der Waals surface area contributed by atoms with Crippen molar-refractivity contribution in [2.24, 2.45) is 0 Å². The minimum atomic E-state index is -0.439. The number of benzene rings is 3. The first-order valence-corrected chi connectivity index (χ1v) is 9.12. The minimum absolute atomic E-state index is 0.0260. The van der Waals surface area contributed by atoms with Crippen molar-refractivity contribution in [2.75, 3.05) is 6.61 Å². The Morgan fingerprint density at radius 1 is 0.821 bits per heavy atom. The molecule has 0 aliphatic rings. The number of ether oxygens (including phenoxy) is 2. The number of para-hydroxylation sites is 4. The number of carbonyl (C=O) groups is 1. The topological polar surface area (TPSA) is 57.5 Å². The molecule has 0 spiro atoms. The summed E-state index contributed by atoms with van der Waals surface area (Å²) in [5, 5.41) is 1.15. The molecule has 1 heterocycles. The molecule has 0 fully saturated rings. The van der Waals surface area contributed by atoms with Crippen LogP contribution in [0.5, 0.6) is 11.5 Å². The van der Waals surface area contributed by atoms with Gasteiger partial charge in [-0.25, -0.2) is 4.79 Å². The molecular weight excluding hydrogens is 354 g/mol. The van der Waals surface area contributed by atoms with Crippen molar-refractivity contribution in [1.29, 1.82) is 0 Å². The van der Waals surface area contributed by atoms with Crippen molar-refractivity contribution >= 4 is 27.8 Å². The molecule has 0 saturated carbocycles. The molecule has 1 aromatic heterocycles. The van der Waals surface area contributed by atoms with E-state index >= 15 is 0 Å². The summed E-state index contributed by atoms with van der Waals surface area (Å²) in [5.74, 6) is 0.461. The van der Waals surface area contributed by atoms with Gasteiger partial charge in [0, 0.05) is 10.8 Å². The number of hydrogen-bond acceptors (Lipinski definition) is 4. The third kappa shape index (κ3) is 3.22. The third-order valence-corrected chi connectivity index (χ3v) is 4.54. The lowest BCUT2D eigenvalue weighted by Gasteiger charge is -2.15. The molecule has 4 aromatic rings. The van der Waals surface area contributed by atoms with Gasteiger partial charge in [-0.05, 0) is 43.3 Å². The minimum Gasteiger partial charge on any atom is -0.490 e. The van der Waals surface area contributed by atoms with Gasteiger partial charge in [0.2, 0.25) is 0 Å². The average Bonchev–Trinajstić information content (AvgIpc) is 2.73. The Morgan fingerprint density at radius 2 is 1.36 bits per heavy atom. The fraction of sp³-hybridized carbons (Fsp3) is 0.130. The lowest BCUT2D eigenvalue weighted by atomic mass is 10.1. The first-order valence-electron chi connectivity index (χ1n) is 9.12. The normalized spacial score (nSPS) is 10.9. The maximum absolute atomic E-state index is 12.8. The molecule has 0 bridgehead atoms. The maximum Gasteiger partial charge on any atom is 0.331 e. The number of nitrogens with zero attached hydrogens (tertiary/aromatic N) is 1. The Morgan fingerprint density at radius 3 is 1.96 bits per heavy atom. The predicted octanol–water partition coefficient (Wildman–Crippen LogP) is 4.16. The maximum atomic E-state index is 12.8. The molecule has 0 unspecified atom stereocenters. The lowest BCUT2D eigenvalue weighted by molar-refractivity contribution is -0.135. The Hall–Kier alpha value is -3.60. The van der Waals surface area contributed by atoms with E-state index in [4.69, 9.17) is 9.47 Å². The Balaban J connectivity index is 1.76. The van der Waals surface area contributed by atoms with Crippen LogP contribution in [0.2, 0.25) is 0 Å². The highest BCUT2D eigenvalue weighted by Crippen LogP contribution is 2.27. The fourth-order valence-corrected chi connectivity index (χ4v) is 3.34. The number of pyridine rings is 1. The molecule has 5 nitrogen and oxygen atoms in total. The van der Waals surface area contributed by atoms with Crippen LogP contribution in [0.15, 0.2) is 77.6 Å². The monoisotopic (exact) mass is 373 g/mol. The number of esters is 1. The summed E-state index contributed by atoms with van der Waals surface area (Å²) in [6, 6.07) is 21.6. The third-order valence-electron chi connectivity index (χ3n) is 4.54. The summed E-state index contributed by atoms with van der Waals surface area (Å²) in [7, 11) is 0. The zero-order valence-corrected chi connectivity index (χ0v) is 15.4. The van der Waals surface area contributed by atoms with Crippen LogP contribution < -0.4 is 14.9 Å². The van der Waals surface area contributed by atoms with E-state index in [1.807, 2.05) is 54.0 Å². The van der Waals surface area contributed by atoms with Gasteiger partial charge in [0.05, 0.1) is 17.6 Å². The van der Waals surface area contributed by atoms with Crippen molar-refractivity contribution in [3.05, 3.63) is 83.0 Å². The Kier molecular flexibility index (Phi) is 4.81. The second kappa shape index (κ2) is 7.56. The number of rotatable bonds is 5. The van der Waals surface area contributed by atoms with Crippen LogP contribution in [-0.2, 0) is 11.3 Å². The average molecular weight is 373 g/mol. The van der Waals surface area contributed by atoms with Crippen molar-refractivity contribution < 1.29 is 14.3 Å². The van der Waals surface area contributed by atoms with Crippen molar-refractivity contribution in [3.8, 4) is 11.5 Å². The van der Waals surface area contributed by atoms with Crippen LogP contribution in [0.4, 0.5) is 0 Å². The molecule has 28 heavy (non-hydrogen) atoms. The van der Waals surface area contributed by atoms with Crippen LogP contribution in [0.1, 0.15) is 6.92 Å². The highest BCUT2D eigenvalue weighted by Gasteiger charge is 2.15. The summed E-state index contributed by atoms with van der Waals surface area (Å²) in [4.78, 5) is 25.5. The molecule has 4 rings (SSSR count). The van der Waals surface area contributed by atoms with E-state index in [2.05, 4.69) is 0 Å². The fourth-order valence-electron chi connectivity index (χ4n) is 3.34. The van der Waals surface area contributed by atoms with Crippen LogP contribution in [0.3, 0.4) is 0 Å². The van der Waals surface area contributed by atoms with E-state index in [-0.39, 0.29) is 12.0 Å². The van der Waals surface area contributed by atoms with Crippen LogP contribution in [0.25, 0.3) is 21.8 Å². The predicted molar refractivity (Wildman–Crippen MR) is 109 cm³/mol. The zero-order chi connectivity index (χ0) is 19.5. The van der Waals surface area contributed by atoms with E-state index in [1.165, 1.54) is 0 Å². The van der Waals surface area contributed by atoms with Gasteiger partial charge in [-0.2, -0.15) is 0 Å². The number of hydrogen-bond donors (Lipinski definition) is 0. The molecular formula is C23H19NO4. The van der Waals surface area contributed by atoms with Gasteiger partial charge < -0.3 is 14.0 Å². The van der Waals surface area contributed by atoms with Crippen molar-refractivity contribution in [1.82, 2.24) is 4.57 Å². The van der Waals surface area contributed by atoms with Gasteiger partial charge in [0.25, 0.3) is 0 Å². The summed E-state index contributed by atoms with van der Waals surface area (Å²) in [6.45, 7) is 2.32. The van der Waals surface area contributed by atoms with Gasteiger partial charge in [0.1, 0.15) is 6.54 Å². The summed E-state index contributed by atoms with van der Waals surface area (Å²) >= 11 is 0. The molecule has 0 saturated heterocycles. The quantitative estimate of drug-likeness (QED) is 0.299. The second-order valence-corrected chi connectivity index (χ2v) is 6.30. The Bertz CT molecular complexity index is 1170. The molecule has 0 atom stereocenters. The molecule has 0 radical (unpaired) electrons. The van der Waals surface area contributed by atoms with Gasteiger partial charge >= 0.3 is 5.97 Å². The molecule has 0 aliphatic heterocycles. The molecule has 5 heteroatoms. The van der Waals surface area contributed by atoms with Gasteiger partial charge in [-0.1, -0.05) is 36.4 Å². The van der Waals surface area contributed by atoms with Gasteiger partial charge in [-0.3, -0.25) is 4.79 Å². The zero-order valence-electron chi connectivity index (χ0n) is 15.4. The van der Waals surface area contributed by atoms with Crippen molar-refractivity contribution in [3.63, 3.8) is 0 Å². The van der Waals surface area contributed by atoms with E-state index in [1.54, 1.807) is 30.3 Å². The first kappa shape index (κ1) is 17.8. The van der Waals surface area contributed by atoms with Crippen molar-refractivity contribution in [2.45, 2.75) is 13.5 Å². The number of carbonyl (C=O) groups excluding carboxylic acids is 1. The molecule has 3 aromatic carbocycles. The highest BCUT2D eigenvalue weighted by atomic mass is 16.6. The number of fused-ring (bicyclic) bond motifs is 2. The SMILES string of the molecule is CCOc1ccccc1OC(=O)Cn1c2ccccc2c(=O)c2ccccc21. The van der Waals surface area contributed by atoms with Crippen LogP contribution in [0, 0.1) is 0 Å². The largest absolute Gasteiger partial charge is 0.490 e. The van der Waals surface area contributed by atoms with Crippen LogP contribution >= 0.6 is 0 Å². The molecule has 0 aliphatic carbocycles. The number of aromatic nitrogens is 1. The highest BCUT2D eigenvalue weighted by molar-refractivity contribution is 5.94. The summed E-state index contributed by atoms with van der Waals surface area (Å²) in [6.07, 6.45) is 0. The molecule has 0 amide bonds. The van der Waals surface area contributed by atoms with E-state index in [0.717, 1.165) is 0 Å². The molecule has 0 N–H and O–H groups in total.